The molecule has 0 saturated carbocycles. The highest BCUT2D eigenvalue weighted by Gasteiger charge is 2.38. The van der Waals surface area contributed by atoms with Gasteiger partial charge in [-0.15, -0.1) is 0 Å². The van der Waals surface area contributed by atoms with Gasteiger partial charge < -0.3 is 5.32 Å². The van der Waals surface area contributed by atoms with Gasteiger partial charge in [-0.05, 0) is 25.1 Å². The fourth-order valence-electron chi connectivity index (χ4n) is 1.96. The van der Waals surface area contributed by atoms with Gasteiger partial charge in [0, 0.05) is 0 Å². The number of para-hydroxylation sites is 1. The molecular weight excluding hydrogens is 216 g/mol. The van der Waals surface area contributed by atoms with E-state index in [0.717, 1.165) is 13.0 Å². The van der Waals surface area contributed by atoms with E-state index in [-0.39, 0.29) is 24.3 Å². The van der Waals surface area contributed by atoms with Crippen molar-refractivity contribution in [3.05, 3.63) is 30.3 Å². The van der Waals surface area contributed by atoms with E-state index in [1.54, 1.807) is 12.1 Å². The smallest absolute Gasteiger partial charge is 0.251 e. The Bertz CT molecular complexity index is 417. The van der Waals surface area contributed by atoms with E-state index in [0.29, 0.717) is 5.69 Å². The van der Waals surface area contributed by atoms with Crippen LogP contribution in [-0.4, -0.2) is 24.4 Å². The molecule has 0 spiro atoms. The molecule has 4 nitrogen and oxygen atoms in total. The summed E-state index contributed by atoms with van der Waals surface area (Å²) in [6, 6.07) is 8.70. The number of benzene rings is 1. The fraction of sp³-hybridized carbons (Fsp3) is 0.385. The number of carbonyl (C=O) groups is 2. The lowest BCUT2D eigenvalue weighted by atomic mass is 10.2. The van der Waals surface area contributed by atoms with Crippen LogP contribution in [0.3, 0.4) is 0 Å². The van der Waals surface area contributed by atoms with Crippen LogP contribution >= 0.6 is 0 Å². The van der Waals surface area contributed by atoms with E-state index < -0.39 is 0 Å². The average molecular weight is 232 g/mol. The van der Waals surface area contributed by atoms with Gasteiger partial charge in [-0.2, -0.15) is 0 Å². The van der Waals surface area contributed by atoms with Crippen LogP contribution in [-0.2, 0) is 9.59 Å². The van der Waals surface area contributed by atoms with Crippen molar-refractivity contribution in [2.45, 2.75) is 25.8 Å². The third kappa shape index (κ3) is 2.36. The first-order chi connectivity index (χ1) is 8.24. The molecule has 4 heteroatoms. The first kappa shape index (κ1) is 11.8. The van der Waals surface area contributed by atoms with E-state index in [2.05, 4.69) is 5.32 Å². The van der Waals surface area contributed by atoms with Crippen LogP contribution in [0.25, 0.3) is 0 Å². The molecule has 0 aromatic heterocycles. The van der Waals surface area contributed by atoms with E-state index >= 15 is 0 Å². The third-order valence-electron chi connectivity index (χ3n) is 2.80. The molecule has 1 saturated heterocycles. The Morgan fingerprint density at radius 3 is 2.65 bits per heavy atom. The zero-order valence-corrected chi connectivity index (χ0v) is 9.85. The first-order valence-electron chi connectivity index (χ1n) is 5.89. The Hall–Kier alpha value is -1.68. The largest absolute Gasteiger partial charge is 0.305 e. The van der Waals surface area contributed by atoms with Crippen molar-refractivity contribution >= 4 is 17.5 Å². The Morgan fingerprint density at radius 2 is 2.00 bits per heavy atom. The molecule has 1 heterocycles. The van der Waals surface area contributed by atoms with Crippen LogP contribution in [0.1, 0.15) is 19.8 Å². The molecule has 90 valence electrons. The second kappa shape index (κ2) is 5.10. The molecule has 1 unspecified atom stereocenters. The molecule has 1 aliphatic rings. The molecule has 0 bridgehead atoms. The molecule has 0 aliphatic carbocycles. The monoisotopic (exact) mass is 232 g/mol. The highest BCUT2D eigenvalue weighted by atomic mass is 16.2. The predicted molar refractivity (Wildman–Crippen MR) is 65.6 cm³/mol. The van der Waals surface area contributed by atoms with Crippen molar-refractivity contribution in [3.63, 3.8) is 0 Å². The number of nitrogens with zero attached hydrogens (tertiary/aromatic N) is 1. The molecule has 2 amide bonds. The topological polar surface area (TPSA) is 49.4 Å². The van der Waals surface area contributed by atoms with Crippen LogP contribution < -0.4 is 10.2 Å². The van der Waals surface area contributed by atoms with Crippen LogP contribution in [0.4, 0.5) is 5.69 Å². The SMILES string of the molecule is CCCNC1CC(=O)N(c2ccccc2)C1=O. The van der Waals surface area contributed by atoms with Crippen LogP contribution in [0.15, 0.2) is 30.3 Å². The number of hydrogen-bond acceptors (Lipinski definition) is 3. The molecular formula is C13H16N2O2. The molecule has 1 aliphatic heterocycles. The van der Waals surface area contributed by atoms with Crippen molar-refractivity contribution in [1.82, 2.24) is 5.32 Å². The van der Waals surface area contributed by atoms with Gasteiger partial charge in [-0.25, -0.2) is 4.90 Å². The normalized spacial score (nSPS) is 20.1. The molecule has 1 aromatic carbocycles. The number of hydrogen-bond donors (Lipinski definition) is 1. The summed E-state index contributed by atoms with van der Waals surface area (Å²) in [4.78, 5) is 25.2. The molecule has 1 aromatic rings. The zero-order chi connectivity index (χ0) is 12.3. The lowest BCUT2D eigenvalue weighted by Gasteiger charge is -2.15. The van der Waals surface area contributed by atoms with Crippen molar-refractivity contribution in [1.29, 1.82) is 0 Å². The minimum Gasteiger partial charge on any atom is -0.305 e. The van der Waals surface area contributed by atoms with Gasteiger partial charge in [-0.1, -0.05) is 25.1 Å². The molecule has 17 heavy (non-hydrogen) atoms. The lowest BCUT2D eigenvalue weighted by molar-refractivity contribution is -0.121. The van der Waals surface area contributed by atoms with Gasteiger partial charge in [0.1, 0.15) is 0 Å². The third-order valence-corrected chi connectivity index (χ3v) is 2.80. The summed E-state index contributed by atoms with van der Waals surface area (Å²) in [5.41, 5.74) is 0.656. The molecule has 1 atom stereocenters. The Labute approximate surface area is 101 Å². The second-order valence-electron chi connectivity index (χ2n) is 4.11. The van der Waals surface area contributed by atoms with Gasteiger partial charge in [-0.3, -0.25) is 9.59 Å². The summed E-state index contributed by atoms with van der Waals surface area (Å²) in [6.45, 7) is 2.79. The van der Waals surface area contributed by atoms with Crippen molar-refractivity contribution < 1.29 is 9.59 Å². The second-order valence-corrected chi connectivity index (χ2v) is 4.11. The highest BCUT2D eigenvalue weighted by Crippen LogP contribution is 2.22. The van der Waals surface area contributed by atoms with Gasteiger partial charge in [0.15, 0.2) is 0 Å². The van der Waals surface area contributed by atoms with Gasteiger partial charge >= 0.3 is 0 Å². The Balaban J connectivity index is 2.15. The van der Waals surface area contributed by atoms with E-state index in [1.165, 1.54) is 4.90 Å². The maximum Gasteiger partial charge on any atom is 0.251 e. The highest BCUT2D eigenvalue weighted by molar-refractivity contribution is 6.22. The summed E-state index contributed by atoms with van der Waals surface area (Å²) in [7, 11) is 0. The molecule has 1 N–H and O–H groups in total. The van der Waals surface area contributed by atoms with Crippen LogP contribution in [0.2, 0.25) is 0 Å². The van der Waals surface area contributed by atoms with Crippen LogP contribution in [0, 0.1) is 0 Å². The fourth-order valence-corrected chi connectivity index (χ4v) is 1.96. The maximum absolute atomic E-state index is 12.1. The number of anilines is 1. The number of rotatable bonds is 4. The maximum atomic E-state index is 12.1. The summed E-state index contributed by atoms with van der Waals surface area (Å²) >= 11 is 0. The quantitative estimate of drug-likeness (QED) is 0.796. The summed E-state index contributed by atoms with van der Waals surface area (Å²) in [5.74, 6) is -0.274. The summed E-state index contributed by atoms with van der Waals surface area (Å²) in [6.07, 6.45) is 1.21. The van der Waals surface area contributed by atoms with E-state index in [1.807, 2.05) is 25.1 Å². The summed E-state index contributed by atoms with van der Waals surface area (Å²) < 4.78 is 0. The Kier molecular flexibility index (Phi) is 3.54. The van der Waals surface area contributed by atoms with Crippen molar-refractivity contribution in [2.24, 2.45) is 0 Å². The number of amides is 2. The average Bonchev–Trinajstić information content (AvgIpc) is 2.63. The van der Waals surface area contributed by atoms with Gasteiger partial charge in [0.2, 0.25) is 5.91 Å². The number of imide groups is 1. The Morgan fingerprint density at radius 1 is 1.29 bits per heavy atom. The van der Waals surface area contributed by atoms with Crippen molar-refractivity contribution in [3.8, 4) is 0 Å². The number of nitrogens with one attached hydrogen (secondary N) is 1. The molecule has 0 radical (unpaired) electrons. The number of carbonyl (C=O) groups excluding carboxylic acids is 2. The first-order valence-corrected chi connectivity index (χ1v) is 5.89. The minimum atomic E-state index is -0.359. The zero-order valence-electron chi connectivity index (χ0n) is 9.85. The van der Waals surface area contributed by atoms with E-state index in [4.69, 9.17) is 0 Å². The van der Waals surface area contributed by atoms with Gasteiger partial charge in [0.05, 0.1) is 18.2 Å². The van der Waals surface area contributed by atoms with Crippen LogP contribution in [0.5, 0.6) is 0 Å². The lowest BCUT2D eigenvalue weighted by Crippen LogP contribution is -2.39. The minimum absolute atomic E-state index is 0.130. The standard InChI is InChI=1S/C13H16N2O2/c1-2-8-14-11-9-12(16)15(13(11)17)10-6-4-3-5-7-10/h3-7,11,14H,2,8-9H2,1H3. The predicted octanol–water partition coefficient (Wildman–Crippen LogP) is 1.32. The molecule has 1 fully saturated rings. The van der Waals surface area contributed by atoms with Gasteiger partial charge in [0.25, 0.3) is 5.91 Å². The summed E-state index contributed by atoms with van der Waals surface area (Å²) in [5, 5.41) is 3.10. The molecule has 2 rings (SSSR count). The van der Waals surface area contributed by atoms with Crippen molar-refractivity contribution in [2.75, 3.05) is 11.4 Å². The van der Waals surface area contributed by atoms with E-state index in [9.17, 15) is 9.59 Å².